The predicted octanol–water partition coefficient (Wildman–Crippen LogP) is 1.95. The molecule has 0 aliphatic heterocycles. The second kappa shape index (κ2) is 7.17. The Hall–Kier alpha value is -2.22. The van der Waals surface area contributed by atoms with Crippen molar-refractivity contribution in [2.24, 2.45) is 7.05 Å². The van der Waals surface area contributed by atoms with Crippen molar-refractivity contribution in [3.05, 3.63) is 24.5 Å². The molecule has 1 N–H and O–H groups in total. The molecule has 1 aromatic carbocycles. The van der Waals surface area contributed by atoms with Crippen molar-refractivity contribution in [3.63, 3.8) is 0 Å². The van der Waals surface area contributed by atoms with Gasteiger partial charge in [0.05, 0.1) is 25.2 Å². The topological polar surface area (TPSA) is 78.3 Å². The Labute approximate surface area is 133 Å². The van der Waals surface area contributed by atoms with Crippen LogP contribution in [0.5, 0.6) is 11.5 Å². The van der Waals surface area contributed by atoms with Crippen LogP contribution in [-0.2, 0) is 11.8 Å². The number of hydrogen-bond donors (Lipinski definition) is 1. The molecule has 0 bridgehead atoms. The first-order valence-electron chi connectivity index (χ1n) is 6.58. The second-order valence-corrected chi connectivity index (χ2v) is 5.85. The molecule has 0 radical (unpaired) electrons. The highest BCUT2D eigenvalue weighted by Gasteiger charge is 2.19. The van der Waals surface area contributed by atoms with Gasteiger partial charge in [0.2, 0.25) is 5.91 Å². The van der Waals surface area contributed by atoms with Crippen LogP contribution in [-0.4, -0.2) is 40.1 Å². The van der Waals surface area contributed by atoms with Crippen molar-refractivity contribution in [2.45, 2.75) is 17.3 Å². The van der Waals surface area contributed by atoms with Crippen molar-refractivity contribution in [1.82, 2.24) is 14.8 Å². The van der Waals surface area contributed by atoms with Gasteiger partial charge in [-0.05, 0) is 19.1 Å². The third kappa shape index (κ3) is 3.70. The van der Waals surface area contributed by atoms with Crippen LogP contribution in [0, 0.1) is 0 Å². The molecule has 1 amide bonds. The first-order valence-corrected chi connectivity index (χ1v) is 7.46. The smallest absolute Gasteiger partial charge is 0.237 e. The Morgan fingerprint density at radius 1 is 1.36 bits per heavy atom. The number of nitrogens with one attached hydrogen (secondary N) is 1. The minimum absolute atomic E-state index is 0.153. The number of carbonyl (C=O) groups excluding carboxylic acids is 1. The van der Waals surface area contributed by atoms with Crippen molar-refractivity contribution in [2.75, 3.05) is 19.5 Å². The number of nitrogens with zero attached hydrogens (tertiary/aromatic N) is 3. The second-order valence-electron chi connectivity index (χ2n) is 4.54. The normalized spacial score (nSPS) is 11.8. The number of rotatable bonds is 6. The summed E-state index contributed by atoms with van der Waals surface area (Å²) in [6.45, 7) is 1.81. The van der Waals surface area contributed by atoms with E-state index in [1.54, 1.807) is 50.2 Å². The predicted molar refractivity (Wildman–Crippen MR) is 84.5 cm³/mol. The highest BCUT2D eigenvalue weighted by molar-refractivity contribution is 8.00. The fourth-order valence-electron chi connectivity index (χ4n) is 1.74. The zero-order valence-electron chi connectivity index (χ0n) is 12.9. The molecule has 0 spiro atoms. The van der Waals surface area contributed by atoms with E-state index in [4.69, 9.17) is 9.47 Å². The van der Waals surface area contributed by atoms with Crippen molar-refractivity contribution >= 4 is 23.4 Å². The lowest BCUT2D eigenvalue weighted by Gasteiger charge is -2.14. The zero-order chi connectivity index (χ0) is 16.1. The number of anilines is 1. The Morgan fingerprint density at radius 2 is 2.14 bits per heavy atom. The van der Waals surface area contributed by atoms with E-state index in [0.29, 0.717) is 22.3 Å². The molecule has 1 atom stereocenters. The molecule has 0 unspecified atom stereocenters. The van der Waals surface area contributed by atoms with Crippen LogP contribution >= 0.6 is 11.8 Å². The molecule has 118 valence electrons. The van der Waals surface area contributed by atoms with Crippen LogP contribution in [0.2, 0.25) is 0 Å². The van der Waals surface area contributed by atoms with Crippen LogP contribution in [0.1, 0.15) is 6.92 Å². The average Bonchev–Trinajstić information content (AvgIpc) is 2.92. The van der Waals surface area contributed by atoms with Gasteiger partial charge in [0.25, 0.3) is 0 Å². The van der Waals surface area contributed by atoms with E-state index in [1.807, 2.05) is 7.05 Å². The highest BCUT2D eigenvalue weighted by Crippen LogP contribution is 2.30. The Morgan fingerprint density at radius 3 is 2.73 bits per heavy atom. The molecule has 0 saturated carbocycles. The summed E-state index contributed by atoms with van der Waals surface area (Å²) in [5.74, 6) is 1.06. The molecule has 0 aliphatic rings. The van der Waals surface area contributed by atoms with Crippen LogP contribution < -0.4 is 14.8 Å². The largest absolute Gasteiger partial charge is 0.497 e. The SMILES string of the molecule is COc1ccc(OC)c(NC(=O)[C@@H](C)Sc2nncn2C)c1. The van der Waals surface area contributed by atoms with E-state index in [1.165, 1.54) is 11.8 Å². The number of benzene rings is 1. The summed E-state index contributed by atoms with van der Waals surface area (Å²) in [5, 5.41) is 10.9. The molecule has 8 heteroatoms. The maximum Gasteiger partial charge on any atom is 0.237 e. The van der Waals surface area contributed by atoms with Crippen molar-refractivity contribution < 1.29 is 14.3 Å². The highest BCUT2D eigenvalue weighted by atomic mass is 32.2. The van der Waals surface area contributed by atoms with Gasteiger partial charge >= 0.3 is 0 Å². The van der Waals surface area contributed by atoms with E-state index in [9.17, 15) is 4.79 Å². The quantitative estimate of drug-likeness (QED) is 0.819. The fourth-order valence-corrected chi connectivity index (χ4v) is 2.53. The molecule has 0 aliphatic carbocycles. The fraction of sp³-hybridized carbons (Fsp3) is 0.357. The van der Waals surface area contributed by atoms with E-state index in [2.05, 4.69) is 15.5 Å². The standard InChI is InChI=1S/C14H18N4O3S/c1-9(22-14-17-15-8-18(14)2)13(19)16-11-7-10(20-3)5-6-12(11)21-4/h5-9H,1-4H3,(H,16,19)/t9-/m1/s1. The Balaban J connectivity index is 2.09. The van der Waals surface area contributed by atoms with Crippen LogP contribution in [0.15, 0.2) is 29.7 Å². The van der Waals surface area contributed by atoms with Crippen LogP contribution in [0.3, 0.4) is 0 Å². The third-order valence-electron chi connectivity index (χ3n) is 2.99. The Bertz CT molecular complexity index is 659. The van der Waals surface area contributed by atoms with Crippen molar-refractivity contribution in [3.8, 4) is 11.5 Å². The lowest BCUT2D eigenvalue weighted by atomic mass is 10.2. The van der Waals surface area contributed by atoms with Crippen LogP contribution in [0.4, 0.5) is 5.69 Å². The number of carbonyl (C=O) groups is 1. The van der Waals surface area contributed by atoms with Gasteiger partial charge in [0.1, 0.15) is 17.8 Å². The summed E-state index contributed by atoms with van der Waals surface area (Å²) >= 11 is 1.33. The summed E-state index contributed by atoms with van der Waals surface area (Å²) < 4.78 is 12.2. The van der Waals surface area contributed by atoms with Gasteiger partial charge in [-0.15, -0.1) is 10.2 Å². The summed E-state index contributed by atoms with van der Waals surface area (Å²) in [6.07, 6.45) is 1.60. The maximum absolute atomic E-state index is 12.3. The minimum Gasteiger partial charge on any atom is -0.497 e. The molecule has 2 rings (SSSR count). The summed E-state index contributed by atoms with van der Waals surface area (Å²) in [6, 6.07) is 5.23. The molecule has 1 heterocycles. The lowest BCUT2D eigenvalue weighted by Crippen LogP contribution is -2.23. The molecule has 22 heavy (non-hydrogen) atoms. The number of thioether (sulfide) groups is 1. The average molecular weight is 322 g/mol. The summed E-state index contributed by atoms with van der Waals surface area (Å²) in [5.41, 5.74) is 0.567. The first kappa shape index (κ1) is 16.2. The molecule has 0 fully saturated rings. The van der Waals surface area contributed by atoms with E-state index in [0.717, 1.165) is 0 Å². The minimum atomic E-state index is -0.334. The molecule has 2 aromatic rings. The van der Waals surface area contributed by atoms with Gasteiger partial charge in [-0.1, -0.05) is 11.8 Å². The Kier molecular flexibility index (Phi) is 5.26. The number of hydrogen-bond acceptors (Lipinski definition) is 6. The van der Waals surface area contributed by atoms with E-state index in [-0.39, 0.29) is 11.2 Å². The number of aryl methyl sites for hydroxylation is 1. The molecular formula is C14H18N4O3S. The van der Waals surface area contributed by atoms with Crippen LogP contribution in [0.25, 0.3) is 0 Å². The van der Waals surface area contributed by atoms with E-state index < -0.39 is 0 Å². The summed E-state index contributed by atoms with van der Waals surface area (Å²) in [7, 11) is 4.95. The molecule has 1 aromatic heterocycles. The lowest BCUT2D eigenvalue weighted by molar-refractivity contribution is -0.115. The molecule has 0 saturated heterocycles. The number of aromatic nitrogens is 3. The number of methoxy groups -OCH3 is 2. The van der Waals surface area contributed by atoms with Gasteiger partial charge in [-0.25, -0.2) is 0 Å². The zero-order valence-corrected chi connectivity index (χ0v) is 13.7. The summed E-state index contributed by atoms with van der Waals surface area (Å²) in [4.78, 5) is 12.3. The third-order valence-corrected chi connectivity index (χ3v) is 4.13. The number of ether oxygens (including phenoxy) is 2. The maximum atomic E-state index is 12.3. The van der Waals surface area contributed by atoms with Crippen molar-refractivity contribution in [1.29, 1.82) is 0 Å². The van der Waals surface area contributed by atoms with Gasteiger partial charge in [-0.3, -0.25) is 4.79 Å². The number of amides is 1. The van der Waals surface area contributed by atoms with E-state index >= 15 is 0 Å². The molecular weight excluding hydrogens is 304 g/mol. The molecule has 7 nitrogen and oxygen atoms in total. The van der Waals surface area contributed by atoms with Gasteiger partial charge in [-0.2, -0.15) is 0 Å². The first-order chi connectivity index (χ1) is 10.5. The van der Waals surface area contributed by atoms with Gasteiger partial charge in [0.15, 0.2) is 5.16 Å². The monoisotopic (exact) mass is 322 g/mol. The van der Waals surface area contributed by atoms with Gasteiger partial charge < -0.3 is 19.4 Å². The van der Waals surface area contributed by atoms with Gasteiger partial charge in [0, 0.05) is 13.1 Å².